The Bertz CT molecular complexity index is 167. The third-order valence-electron chi connectivity index (χ3n) is 0.992. The van der Waals surface area contributed by atoms with E-state index in [4.69, 9.17) is 5.11 Å². The molecule has 0 atom stereocenters. The van der Waals surface area contributed by atoms with E-state index in [2.05, 4.69) is 0 Å². The first-order valence-electron chi connectivity index (χ1n) is 2.40. The van der Waals surface area contributed by atoms with Crippen LogP contribution in [-0.2, 0) is 26.1 Å². The summed E-state index contributed by atoms with van der Waals surface area (Å²) in [6, 6.07) is 7.47. The Kier molecular flexibility index (Phi) is 3.81. The molecule has 1 rings (SSSR count). The van der Waals surface area contributed by atoms with E-state index in [9.17, 15) is 0 Å². The van der Waals surface area contributed by atoms with Crippen molar-refractivity contribution in [3.63, 3.8) is 0 Å². The number of phenolic OH excluding ortho intramolecular Hbond substituents is 1. The van der Waals surface area contributed by atoms with Crippen LogP contribution >= 0.6 is 0 Å². The Morgan fingerprint density at radius 1 is 1.22 bits per heavy atom. The summed E-state index contributed by atoms with van der Waals surface area (Å²) in [5.41, 5.74) is 0. The summed E-state index contributed by atoms with van der Waals surface area (Å²) < 4.78 is 1.12. The predicted molar refractivity (Wildman–Crippen MR) is 31.4 cm³/mol. The first-order chi connectivity index (χ1) is 3.80. The quantitative estimate of drug-likeness (QED) is 0.660. The van der Waals surface area contributed by atoms with Gasteiger partial charge < -0.3 is 5.48 Å². The molecule has 0 saturated heterocycles. The standard InChI is InChI=1S/C6H5O.Hg.H2O/c7-6-4-2-1-3-5-6;;/h1-4,7H;;1H2. The van der Waals surface area contributed by atoms with E-state index in [1.54, 1.807) is 6.07 Å². The number of hydrogen-bond donors (Lipinski definition) is 1. The number of benzene rings is 1. The Morgan fingerprint density at radius 2 is 1.78 bits per heavy atom. The van der Waals surface area contributed by atoms with Crippen molar-refractivity contribution in [2.75, 3.05) is 0 Å². The fraction of sp³-hybridized carbons (Fsp3) is 0. The summed E-state index contributed by atoms with van der Waals surface area (Å²) in [4.78, 5) is 0. The van der Waals surface area contributed by atoms with Gasteiger partial charge in [0.1, 0.15) is 0 Å². The zero-order chi connectivity index (χ0) is 5.98. The molecule has 1 aromatic carbocycles. The number of phenols is 1. The van der Waals surface area contributed by atoms with Crippen molar-refractivity contribution in [2.24, 2.45) is 0 Å². The van der Waals surface area contributed by atoms with Crippen molar-refractivity contribution in [2.45, 2.75) is 0 Å². The van der Waals surface area contributed by atoms with Crippen molar-refractivity contribution in [1.29, 1.82) is 0 Å². The molecule has 3 N–H and O–H groups in total. The van der Waals surface area contributed by atoms with Gasteiger partial charge in [-0.25, -0.2) is 0 Å². The molecule has 0 fully saturated rings. The van der Waals surface area contributed by atoms with Crippen molar-refractivity contribution in [1.82, 2.24) is 0 Å². The number of aromatic hydroxyl groups is 1. The Labute approximate surface area is 69.8 Å². The second-order valence-corrected chi connectivity index (χ2v) is 4.59. The molecule has 0 aliphatic carbocycles. The molecular formula is C6H7HgO2. The van der Waals surface area contributed by atoms with Crippen molar-refractivity contribution >= 4 is 3.07 Å². The molecule has 0 aromatic heterocycles. The maximum atomic E-state index is 8.97. The van der Waals surface area contributed by atoms with E-state index >= 15 is 0 Å². The molecule has 2 nitrogen and oxygen atoms in total. The van der Waals surface area contributed by atoms with Gasteiger partial charge in [0.15, 0.2) is 0 Å². The summed E-state index contributed by atoms with van der Waals surface area (Å²) in [5, 5.41) is 8.97. The van der Waals surface area contributed by atoms with Gasteiger partial charge in [0.2, 0.25) is 0 Å². The van der Waals surface area contributed by atoms with Crippen molar-refractivity contribution in [3.8, 4) is 5.75 Å². The van der Waals surface area contributed by atoms with Crippen LogP contribution in [0.25, 0.3) is 0 Å². The maximum absolute atomic E-state index is 8.97. The minimum atomic E-state index is 0. The van der Waals surface area contributed by atoms with Gasteiger partial charge in [-0.1, -0.05) is 0 Å². The van der Waals surface area contributed by atoms with Crippen molar-refractivity contribution in [3.05, 3.63) is 24.3 Å². The Balaban J connectivity index is 0.000000640. The molecule has 1 aromatic rings. The topological polar surface area (TPSA) is 51.7 Å². The van der Waals surface area contributed by atoms with E-state index in [1.807, 2.05) is 18.2 Å². The molecule has 0 unspecified atom stereocenters. The normalized spacial score (nSPS) is 8.22. The average molecular weight is 312 g/mol. The van der Waals surface area contributed by atoms with E-state index in [1.165, 1.54) is 0 Å². The molecule has 45 valence electrons. The van der Waals surface area contributed by atoms with Gasteiger partial charge in [-0.05, 0) is 0 Å². The first kappa shape index (κ1) is 8.92. The second-order valence-electron chi connectivity index (χ2n) is 1.63. The van der Waals surface area contributed by atoms with Crippen LogP contribution in [0.4, 0.5) is 0 Å². The van der Waals surface area contributed by atoms with Crippen LogP contribution in [0.3, 0.4) is 0 Å². The third-order valence-corrected chi connectivity index (χ3v) is 3.32. The third kappa shape index (κ3) is 2.32. The fourth-order valence-electron chi connectivity index (χ4n) is 0.511. The van der Waals surface area contributed by atoms with E-state index in [0.29, 0.717) is 31.9 Å². The van der Waals surface area contributed by atoms with Crippen LogP contribution in [0.5, 0.6) is 5.75 Å². The predicted octanol–water partition coefficient (Wildman–Crippen LogP) is -0.260. The van der Waals surface area contributed by atoms with Gasteiger partial charge >= 0.3 is 64.3 Å². The van der Waals surface area contributed by atoms with Gasteiger partial charge in [0, 0.05) is 0 Å². The first-order valence-corrected chi connectivity index (χ1v) is 5.15. The Morgan fingerprint density at radius 3 is 2.11 bits per heavy atom. The average Bonchev–Trinajstić information content (AvgIpc) is 1.77. The van der Waals surface area contributed by atoms with Gasteiger partial charge in [0.05, 0.1) is 0 Å². The molecule has 3 heteroatoms. The number of rotatable bonds is 0. The van der Waals surface area contributed by atoms with E-state index in [-0.39, 0.29) is 5.48 Å². The number of hydrogen-bond acceptors (Lipinski definition) is 1. The van der Waals surface area contributed by atoms with Gasteiger partial charge in [-0.2, -0.15) is 0 Å². The van der Waals surface area contributed by atoms with Crippen LogP contribution < -0.4 is 3.07 Å². The SMILES string of the molecule is O.Oc1cccc[c]1[Hg]. The molecule has 0 amide bonds. The molecule has 0 heterocycles. The van der Waals surface area contributed by atoms with E-state index < -0.39 is 0 Å². The minimum absolute atomic E-state index is 0. The van der Waals surface area contributed by atoms with Gasteiger partial charge in [-0.15, -0.1) is 0 Å². The number of para-hydroxylation sites is 1. The molecule has 0 radical (unpaired) electrons. The molecule has 0 aliphatic heterocycles. The van der Waals surface area contributed by atoms with Crippen LogP contribution in [0, 0.1) is 0 Å². The summed E-state index contributed by atoms with van der Waals surface area (Å²) in [7, 11) is 0. The summed E-state index contributed by atoms with van der Waals surface area (Å²) in [6.07, 6.45) is 0. The molecule has 0 aliphatic rings. The molecule has 0 saturated carbocycles. The van der Waals surface area contributed by atoms with Gasteiger partial charge in [0.25, 0.3) is 0 Å². The summed E-state index contributed by atoms with van der Waals surface area (Å²) >= 11 is 0.548. The van der Waals surface area contributed by atoms with Crippen LogP contribution in [0.15, 0.2) is 24.3 Å². The van der Waals surface area contributed by atoms with Crippen LogP contribution in [0.2, 0.25) is 0 Å². The summed E-state index contributed by atoms with van der Waals surface area (Å²) in [5.74, 6) is 0.454. The molecule has 0 spiro atoms. The van der Waals surface area contributed by atoms with Crippen LogP contribution in [0.1, 0.15) is 0 Å². The second kappa shape index (κ2) is 3.85. The van der Waals surface area contributed by atoms with Crippen LogP contribution in [-0.4, -0.2) is 10.6 Å². The molecular weight excluding hydrogens is 305 g/mol. The monoisotopic (exact) mass is 313 g/mol. The fourth-order valence-corrected chi connectivity index (χ4v) is 1.50. The van der Waals surface area contributed by atoms with E-state index in [0.717, 1.165) is 3.07 Å². The molecule has 0 bridgehead atoms. The summed E-state index contributed by atoms with van der Waals surface area (Å²) in [6.45, 7) is 0. The zero-order valence-corrected chi connectivity index (χ0v) is 10.5. The molecule has 9 heavy (non-hydrogen) atoms. The van der Waals surface area contributed by atoms with Gasteiger partial charge in [-0.3, -0.25) is 0 Å². The zero-order valence-electron chi connectivity index (χ0n) is 4.96. The Hall–Kier alpha value is -0.0849. The van der Waals surface area contributed by atoms with Crippen molar-refractivity contribution < 1.29 is 36.7 Å².